The first-order valence-electron chi connectivity index (χ1n) is 8.18. The third kappa shape index (κ3) is 2.90. The summed E-state index contributed by atoms with van der Waals surface area (Å²) in [5.41, 5.74) is 0.998. The highest BCUT2D eigenvalue weighted by molar-refractivity contribution is 5.36. The Bertz CT molecular complexity index is 444. The second kappa shape index (κ2) is 5.85. The van der Waals surface area contributed by atoms with Gasteiger partial charge in [-0.1, -0.05) is 37.1 Å². The van der Waals surface area contributed by atoms with Crippen molar-refractivity contribution in [3.63, 3.8) is 0 Å². The number of rotatable bonds is 4. The standard InChI is InChI=1S/C18H26FN/c1-18(19,13-15-9-4-5-12-20-15)17-11-3-2-10-16(17)14-7-6-8-14/h2-3,10-11,14-15,20H,4-9,12-13H2,1H3. The smallest absolute Gasteiger partial charge is 0.135 e. The largest absolute Gasteiger partial charge is 0.314 e. The summed E-state index contributed by atoms with van der Waals surface area (Å²) in [6.45, 7) is 2.83. The molecule has 0 aromatic heterocycles. The van der Waals surface area contributed by atoms with E-state index >= 15 is 4.39 Å². The van der Waals surface area contributed by atoms with Crippen molar-refractivity contribution in [1.29, 1.82) is 0 Å². The Morgan fingerprint density at radius 3 is 2.60 bits per heavy atom. The van der Waals surface area contributed by atoms with E-state index < -0.39 is 5.67 Å². The summed E-state index contributed by atoms with van der Waals surface area (Å²) in [6, 6.07) is 8.55. The van der Waals surface area contributed by atoms with Gasteiger partial charge >= 0.3 is 0 Å². The molecule has 0 amide bonds. The minimum atomic E-state index is -1.21. The molecule has 2 unspecified atom stereocenters. The zero-order valence-corrected chi connectivity index (χ0v) is 12.5. The molecule has 1 aromatic carbocycles. The topological polar surface area (TPSA) is 12.0 Å². The van der Waals surface area contributed by atoms with Crippen LogP contribution in [0.3, 0.4) is 0 Å². The van der Waals surface area contributed by atoms with E-state index in [9.17, 15) is 0 Å². The maximum Gasteiger partial charge on any atom is 0.135 e. The van der Waals surface area contributed by atoms with Crippen molar-refractivity contribution in [3.05, 3.63) is 35.4 Å². The summed E-state index contributed by atoms with van der Waals surface area (Å²) < 4.78 is 15.3. The van der Waals surface area contributed by atoms with Crippen LogP contribution in [0.15, 0.2) is 24.3 Å². The minimum absolute atomic E-state index is 0.341. The fraction of sp³-hybridized carbons (Fsp3) is 0.667. The number of benzene rings is 1. The molecule has 2 atom stereocenters. The molecule has 20 heavy (non-hydrogen) atoms. The predicted molar refractivity (Wildman–Crippen MR) is 81.8 cm³/mol. The highest BCUT2D eigenvalue weighted by atomic mass is 19.1. The quantitative estimate of drug-likeness (QED) is 0.842. The third-order valence-electron chi connectivity index (χ3n) is 5.11. The number of alkyl halides is 1. The highest BCUT2D eigenvalue weighted by Gasteiger charge is 2.34. The average Bonchev–Trinajstić information content (AvgIpc) is 2.38. The van der Waals surface area contributed by atoms with Crippen LogP contribution in [0.2, 0.25) is 0 Å². The lowest BCUT2D eigenvalue weighted by Gasteiger charge is -2.34. The van der Waals surface area contributed by atoms with Crippen molar-refractivity contribution >= 4 is 0 Å². The van der Waals surface area contributed by atoms with Crippen molar-refractivity contribution < 1.29 is 4.39 Å². The molecule has 1 heterocycles. The monoisotopic (exact) mass is 275 g/mol. The Labute approximate surface area is 122 Å². The maximum atomic E-state index is 15.3. The molecule has 3 rings (SSSR count). The van der Waals surface area contributed by atoms with Gasteiger partial charge in [-0.2, -0.15) is 0 Å². The lowest BCUT2D eigenvalue weighted by molar-refractivity contribution is 0.143. The fourth-order valence-electron chi connectivity index (χ4n) is 3.72. The van der Waals surface area contributed by atoms with Gasteiger partial charge in [0, 0.05) is 12.5 Å². The molecular formula is C18H26FN. The number of halogens is 1. The summed E-state index contributed by atoms with van der Waals surface area (Å²) >= 11 is 0. The molecule has 2 fully saturated rings. The molecule has 1 aliphatic heterocycles. The molecule has 1 N–H and O–H groups in total. The van der Waals surface area contributed by atoms with Crippen molar-refractivity contribution in [2.75, 3.05) is 6.54 Å². The van der Waals surface area contributed by atoms with E-state index in [0.29, 0.717) is 18.4 Å². The van der Waals surface area contributed by atoms with Crippen LogP contribution in [-0.4, -0.2) is 12.6 Å². The van der Waals surface area contributed by atoms with Gasteiger partial charge in [-0.3, -0.25) is 0 Å². The van der Waals surface area contributed by atoms with Crippen LogP contribution in [-0.2, 0) is 5.67 Å². The van der Waals surface area contributed by atoms with Crippen LogP contribution >= 0.6 is 0 Å². The van der Waals surface area contributed by atoms with Crippen molar-refractivity contribution in [3.8, 4) is 0 Å². The molecule has 2 heteroatoms. The maximum absolute atomic E-state index is 15.3. The molecule has 1 saturated carbocycles. The van der Waals surface area contributed by atoms with Gasteiger partial charge in [0.05, 0.1) is 0 Å². The zero-order chi connectivity index (χ0) is 14.0. The molecule has 1 nitrogen and oxygen atoms in total. The van der Waals surface area contributed by atoms with Gasteiger partial charge in [0.1, 0.15) is 5.67 Å². The van der Waals surface area contributed by atoms with Crippen LogP contribution in [0, 0.1) is 0 Å². The molecule has 0 spiro atoms. The molecular weight excluding hydrogens is 249 g/mol. The predicted octanol–water partition coefficient (Wildman–Crippen LogP) is 4.67. The number of hydrogen-bond acceptors (Lipinski definition) is 1. The van der Waals surface area contributed by atoms with Crippen LogP contribution in [0.25, 0.3) is 0 Å². The van der Waals surface area contributed by atoms with Gasteiger partial charge in [-0.05, 0) is 56.2 Å². The minimum Gasteiger partial charge on any atom is -0.314 e. The summed E-state index contributed by atoms with van der Waals surface area (Å²) in [6.07, 6.45) is 7.95. The first-order chi connectivity index (χ1) is 9.67. The van der Waals surface area contributed by atoms with E-state index in [2.05, 4.69) is 17.4 Å². The molecule has 1 aliphatic carbocycles. The van der Waals surface area contributed by atoms with Crippen LogP contribution in [0.4, 0.5) is 4.39 Å². The van der Waals surface area contributed by atoms with Crippen molar-refractivity contribution in [1.82, 2.24) is 5.32 Å². The molecule has 1 aromatic rings. The summed E-state index contributed by atoms with van der Waals surface area (Å²) in [7, 11) is 0. The van der Waals surface area contributed by atoms with Gasteiger partial charge in [-0.25, -0.2) is 4.39 Å². The summed E-state index contributed by atoms with van der Waals surface area (Å²) in [5, 5.41) is 3.48. The van der Waals surface area contributed by atoms with Crippen molar-refractivity contribution in [2.24, 2.45) is 0 Å². The highest BCUT2D eigenvalue weighted by Crippen LogP contribution is 2.43. The first-order valence-corrected chi connectivity index (χ1v) is 8.18. The normalized spacial score (nSPS) is 26.8. The Hall–Kier alpha value is -0.890. The lowest BCUT2D eigenvalue weighted by atomic mass is 9.74. The Balaban J connectivity index is 1.78. The van der Waals surface area contributed by atoms with E-state index in [1.807, 2.05) is 12.1 Å². The second-order valence-electron chi connectivity index (χ2n) is 6.76. The van der Waals surface area contributed by atoms with Gasteiger partial charge in [0.25, 0.3) is 0 Å². The third-order valence-corrected chi connectivity index (χ3v) is 5.11. The zero-order valence-electron chi connectivity index (χ0n) is 12.5. The number of piperidine rings is 1. The van der Waals surface area contributed by atoms with E-state index in [4.69, 9.17) is 0 Å². The second-order valence-corrected chi connectivity index (χ2v) is 6.76. The van der Waals surface area contributed by atoms with Crippen LogP contribution in [0.1, 0.15) is 68.9 Å². The van der Waals surface area contributed by atoms with E-state index in [1.54, 1.807) is 6.92 Å². The van der Waals surface area contributed by atoms with Gasteiger partial charge in [0.2, 0.25) is 0 Å². The fourth-order valence-corrected chi connectivity index (χ4v) is 3.72. The number of nitrogens with one attached hydrogen (secondary N) is 1. The molecule has 2 aliphatic rings. The molecule has 110 valence electrons. The summed E-state index contributed by atoms with van der Waals surface area (Å²) in [4.78, 5) is 0. The van der Waals surface area contributed by atoms with Gasteiger partial charge < -0.3 is 5.32 Å². The summed E-state index contributed by atoms with van der Waals surface area (Å²) in [5.74, 6) is 0.598. The Kier molecular flexibility index (Phi) is 4.11. The van der Waals surface area contributed by atoms with Crippen LogP contribution < -0.4 is 5.32 Å². The van der Waals surface area contributed by atoms with E-state index in [1.165, 1.54) is 37.7 Å². The first kappa shape index (κ1) is 14.1. The van der Waals surface area contributed by atoms with E-state index in [-0.39, 0.29) is 0 Å². The average molecular weight is 275 g/mol. The Morgan fingerprint density at radius 2 is 1.95 bits per heavy atom. The van der Waals surface area contributed by atoms with E-state index in [0.717, 1.165) is 18.5 Å². The molecule has 0 bridgehead atoms. The van der Waals surface area contributed by atoms with Gasteiger partial charge in [0.15, 0.2) is 0 Å². The van der Waals surface area contributed by atoms with Crippen molar-refractivity contribution in [2.45, 2.75) is 69.5 Å². The molecule has 1 saturated heterocycles. The lowest BCUT2D eigenvalue weighted by Crippen LogP contribution is -2.38. The Morgan fingerprint density at radius 1 is 1.15 bits per heavy atom. The molecule has 0 radical (unpaired) electrons. The SMILES string of the molecule is CC(F)(CC1CCCCN1)c1ccccc1C1CCC1. The van der Waals surface area contributed by atoms with Gasteiger partial charge in [-0.15, -0.1) is 0 Å². The van der Waals surface area contributed by atoms with Crippen LogP contribution in [0.5, 0.6) is 0 Å². The number of hydrogen-bond donors (Lipinski definition) is 1.